The molecule has 1 saturated heterocycles. The summed E-state index contributed by atoms with van der Waals surface area (Å²) in [6.45, 7) is 6.54. The molecule has 0 aromatic heterocycles. The molecule has 1 aliphatic rings. The summed E-state index contributed by atoms with van der Waals surface area (Å²) in [6, 6.07) is 6.53. The number of morpholine rings is 1. The van der Waals surface area contributed by atoms with Gasteiger partial charge in [-0.3, -0.25) is 9.69 Å². The Kier molecular flexibility index (Phi) is 6.61. The molecule has 128 valence electrons. The molecular weight excluding hydrogens is 308 g/mol. The van der Waals surface area contributed by atoms with Crippen molar-refractivity contribution in [3.63, 3.8) is 0 Å². The van der Waals surface area contributed by atoms with Crippen molar-refractivity contribution in [2.75, 3.05) is 44.7 Å². The van der Waals surface area contributed by atoms with E-state index >= 15 is 0 Å². The maximum atomic E-state index is 12.1. The molecule has 7 heteroatoms. The number of carbonyl (C=O) groups is 1. The van der Waals surface area contributed by atoms with Gasteiger partial charge in [-0.1, -0.05) is 0 Å². The smallest absolute Gasteiger partial charge is 0.267 e. The van der Waals surface area contributed by atoms with Crippen LogP contribution in [0, 0.1) is 18.3 Å². The van der Waals surface area contributed by atoms with E-state index < -0.39 is 5.91 Å². The summed E-state index contributed by atoms with van der Waals surface area (Å²) in [5, 5.41) is 24.2. The van der Waals surface area contributed by atoms with E-state index in [1.165, 1.54) is 12.3 Å². The fourth-order valence-electron chi connectivity index (χ4n) is 2.35. The van der Waals surface area contributed by atoms with Gasteiger partial charge in [-0.25, -0.2) is 0 Å². The van der Waals surface area contributed by atoms with Crippen LogP contribution >= 0.6 is 0 Å². The van der Waals surface area contributed by atoms with Crippen molar-refractivity contribution in [1.82, 2.24) is 10.2 Å². The van der Waals surface area contributed by atoms with Gasteiger partial charge in [0, 0.05) is 38.1 Å². The Hall–Kier alpha value is -2.56. The first-order valence-corrected chi connectivity index (χ1v) is 7.85. The van der Waals surface area contributed by atoms with Crippen molar-refractivity contribution in [2.24, 2.45) is 0 Å². The van der Waals surface area contributed by atoms with E-state index in [1.54, 1.807) is 19.1 Å². The normalized spacial score (nSPS) is 15.6. The third-order valence-electron chi connectivity index (χ3n) is 3.75. The predicted molar refractivity (Wildman–Crippen MR) is 90.4 cm³/mol. The molecule has 0 atom stereocenters. The van der Waals surface area contributed by atoms with Crippen molar-refractivity contribution in [3.05, 3.63) is 35.5 Å². The number of aromatic hydroxyl groups is 1. The Labute approximate surface area is 141 Å². The summed E-state index contributed by atoms with van der Waals surface area (Å²) in [7, 11) is 0. The highest BCUT2D eigenvalue weighted by molar-refractivity contribution is 6.06. The monoisotopic (exact) mass is 330 g/mol. The second-order valence-corrected chi connectivity index (χ2v) is 5.53. The highest BCUT2D eigenvalue weighted by atomic mass is 16.5. The van der Waals surface area contributed by atoms with Crippen LogP contribution in [0.4, 0.5) is 5.69 Å². The Balaban J connectivity index is 1.85. The van der Waals surface area contributed by atoms with Gasteiger partial charge in [0.2, 0.25) is 0 Å². The van der Waals surface area contributed by atoms with Gasteiger partial charge in [0.15, 0.2) is 0 Å². The van der Waals surface area contributed by atoms with Crippen molar-refractivity contribution in [2.45, 2.75) is 6.92 Å². The standard InChI is InChI=1S/C17H22N4O3/c1-13-10-15(22)2-3-16(13)20-17(23)14(11-18)12-19-4-5-21-6-8-24-9-7-21/h2-3,10,12,19,22H,4-9H2,1H3,(H,20,23)/b14-12-. The molecule has 0 radical (unpaired) electrons. The van der Waals surface area contributed by atoms with Gasteiger partial charge in [0.25, 0.3) is 5.91 Å². The molecule has 7 nitrogen and oxygen atoms in total. The Morgan fingerprint density at radius 3 is 2.88 bits per heavy atom. The molecule has 0 unspecified atom stereocenters. The number of nitriles is 1. The van der Waals surface area contributed by atoms with Crippen LogP contribution in [0.3, 0.4) is 0 Å². The lowest BCUT2D eigenvalue weighted by Crippen LogP contribution is -2.39. The Bertz CT molecular complexity index is 646. The lowest BCUT2D eigenvalue weighted by Gasteiger charge is -2.26. The number of ether oxygens (including phenoxy) is 1. The fourth-order valence-corrected chi connectivity index (χ4v) is 2.35. The van der Waals surface area contributed by atoms with Crippen LogP contribution in [0.1, 0.15) is 5.56 Å². The number of hydrogen-bond donors (Lipinski definition) is 3. The first-order chi connectivity index (χ1) is 11.6. The molecule has 2 rings (SSSR count). The van der Waals surface area contributed by atoms with Crippen LogP contribution < -0.4 is 10.6 Å². The number of hydrogen-bond acceptors (Lipinski definition) is 6. The summed E-state index contributed by atoms with van der Waals surface area (Å²) >= 11 is 0. The van der Waals surface area contributed by atoms with Crippen LogP contribution in [-0.4, -0.2) is 55.3 Å². The maximum Gasteiger partial charge on any atom is 0.267 e. The first-order valence-electron chi connectivity index (χ1n) is 7.85. The number of carbonyl (C=O) groups excluding carboxylic acids is 1. The summed E-state index contributed by atoms with van der Waals surface area (Å²) in [6.07, 6.45) is 1.44. The zero-order valence-electron chi connectivity index (χ0n) is 13.7. The number of anilines is 1. The molecule has 0 aliphatic carbocycles. The van der Waals surface area contributed by atoms with Crippen LogP contribution in [0.5, 0.6) is 5.75 Å². The van der Waals surface area contributed by atoms with E-state index in [4.69, 9.17) is 10.00 Å². The summed E-state index contributed by atoms with van der Waals surface area (Å²) < 4.78 is 5.28. The van der Waals surface area contributed by atoms with Gasteiger partial charge in [0.05, 0.1) is 13.2 Å². The van der Waals surface area contributed by atoms with Crippen LogP contribution in [0.2, 0.25) is 0 Å². The molecule has 1 amide bonds. The van der Waals surface area contributed by atoms with Gasteiger partial charge >= 0.3 is 0 Å². The predicted octanol–water partition coefficient (Wildman–Crippen LogP) is 0.968. The molecule has 24 heavy (non-hydrogen) atoms. The molecule has 0 saturated carbocycles. The second-order valence-electron chi connectivity index (χ2n) is 5.53. The van der Waals surface area contributed by atoms with Crippen LogP contribution in [0.25, 0.3) is 0 Å². The quantitative estimate of drug-likeness (QED) is 0.311. The minimum Gasteiger partial charge on any atom is -0.508 e. The van der Waals surface area contributed by atoms with Gasteiger partial charge in [-0.05, 0) is 30.7 Å². The SMILES string of the molecule is Cc1cc(O)ccc1NC(=O)/C(C#N)=C\NCCN1CCOCC1. The van der Waals surface area contributed by atoms with Crippen molar-refractivity contribution < 1.29 is 14.6 Å². The minimum absolute atomic E-state index is 0.00412. The lowest BCUT2D eigenvalue weighted by molar-refractivity contribution is -0.112. The molecule has 0 bridgehead atoms. The van der Waals surface area contributed by atoms with E-state index in [2.05, 4.69) is 15.5 Å². The van der Waals surface area contributed by atoms with E-state index in [1.807, 2.05) is 6.07 Å². The van der Waals surface area contributed by atoms with Crippen molar-refractivity contribution in [1.29, 1.82) is 5.26 Å². The first kappa shape index (κ1) is 17.8. The molecule has 3 N–H and O–H groups in total. The van der Waals surface area contributed by atoms with Gasteiger partial charge < -0.3 is 20.5 Å². The number of amides is 1. The van der Waals surface area contributed by atoms with Gasteiger partial charge in [0.1, 0.15) is 17.4 Å². The molecule has 1 aromatic carbocycles. The topological polar surface area (TPSA) is 97.6 Å². The highest BCUT2D eigenvalue weighted by Gasteiger charge is 2.12. The number of rotatable bonds is 6. The second kappa shape index (κ2) is 8.91. The fraction of sp³-hybridized carbons (Fsp3) is 0.412. The third-order valence-corrected chi connectivity index (χ3v) is 3.75. The summed E-state index contributed by atoms with van der Waals surface area (Å²) in [4.78, 5) is 14.4. The number of phenolic OH excluding ortho intramolecular Hbond substituents is 1. The summed E-state index contributed by atoms with van der Waals surface area (Å²) in [5.74, 6) is -0.350. The zero-order chi connectivity index (χ0) is 17.4. The molecule has 1 aromatic rings. The van der Waals surface area contributed by atoms with Crippen molar-refractivity contribution >= 4 is 11.6 Å². The number of nitrogens with one attached hydrogen (secondary N) is 2. The average molecular weight is 330 g/mol. The van der Waals surface area contributed by atoms with E-state index in [-0.39, 0.29) is 11.3 Å². The van der Waals surface area contributed by atoms with Crippen LogP contribution in [0.15, 0.2) is 30.0 Å². The Morgan fingerprint density at radius 2 is 2.21 bits per heavy atom. The summed E-state index contributed by atoms with van der Waals surface area (Å²) in [5.41, 5.74) is 1.29. The lowest BCUT2D eigenvalue weighted by atomic mass is 10.2. The molecule has 0 spiro atoms. The largest absolute Gasteiger partial charge is 0.508 e. The average Bonchev–Trinajstić information content (AvgIpc) is 2.58. The number of nitrogens with zero attached hydrogens (tertiary/aromatic N) is 2. The van der Waals surface area contributed by atoms with Crippen LogP contribution in [-0.2, 0) is 9.53 Å². The molecular formula is C17H22N4O3. The molecule has 1 fully saturated rings. The highest BCUT2D eigenvalue weighted by Crippen LogP contribution is 2.20. The Morgan fingerprint density at radius 1 is 1.46 bits per heavy atom. The molecule has 1 aliphatic heterocycles. The van der Waals surface area contributed by atoms with E-state index in [0.29, 0.717) is 12.2 Å². The molecule has 1 heterocycles. The zero-order valence-corrected chi connectivity index (χ0v) is 13.7. The van der Waals surface area contributed by atoms with E-state index in [9.17, 15) is 9.90 Å². The number of phenols is 1. The maximum absolute atomic E-state index is 12.1. The number of aryl methyl sites for hydroxylation is 1. The third kappa shape index (κ3) is 5.26. The van der Waals surface area contributed by atoms with Gasteiger partial charge in [-0.2, -0.15) is 5.26 Å². The minimum atomic E-state index is -0.481. The number of benzene rings is 1. The van der Waals surface area contributed by atoms with E-state index in [0.717, 1.165) is 38.4 Å². The van der Waals surface area contributed by atoms with Crippen molar-refractivity contribution in [3.8, 4) is 11.8 Å². The van der Waals surface area contributed by atoms with Gasteiger partial charge in [-0.15, -0.1) is 0 Å².